The summed E-state index contributed by atoms with van der Waals surface area (Å²) in [4.78, 5) is 45.8. The fourth-order valence-corrected chi connectivity index (χ4v) is 9.98. The molecule has 9 atom stereocenters. The van der Waals surface area contributed by atoms with Crippen LogP contribution >= 0.6 is 37.5 Å². The highest BCUT2D eigenvalue weighted by atomic mass is 32.7. The van der Waals surface area contributed by atoms with E-state index in [1.165, 1.54) is 10.9 Å². The summed E-state index contributed by atoms with van der Waals surface area (Å²) in [5.41, 5.74) is 8.64. The maximum absolute atomic E-state index is 16.4. The van der Waals surface area contributed by atoms with Crippen LogP contribution in [0.5, 0.6) is 0 Å². The second-order valence-corrected chi connectivity index (χ2v) is 17.0. The fourth-order valence-electron chi connectivity index (χ4n) is 5.32. The molecule has 4 aromatic rings. The molecule has 3 saturated heterocycles. The number of imidazole rings is 2. The standard InChI is InChI=1S/C20H22F2N10O8P2S3/c21-9-12-7(38-18(9)31-5-27-10-14(23)25-4-26-15(10)31)1-36-42(35,44)40-20(3-45-8(13(20)22)2-37-41(34,43)39-12)32-6-28-11-16(32)29-19(24)30-17(11)33/h4-9,12-13,18H,1-3H2,(H,34,43)(H,35,44)(H2,23,25,26)(H3,24,29,30,33)/t7-,8-,9+,12-,13-,18-,20+,41?,42?/m1/s1. The zero-order chi connectivity index (χ0) is 31.9. The van der Waals surface area contributed by atoms with Crippen molar-refractivity contribution >= 4 is 83.4 Å². The van der Waals surface area contributed by atoms with Gasteiger partial charge < -0.3 is 25.6 Å². The van der Waals surface area contributed by atoms with Crippen molar-refractivity contribution in [2.45, 2.75) is 41.8 Å². The molecule has 2 bridgehead atoms. The van der Waals surface area contributed by atoms with E-state index < -0.39 is 74.0 Å². The summed E-state index contributed by atoms with van der Waals surface area (Å²) in [5.74, 6) is -0.484. The number of thioether (sulfide) groups is 1. The van der Waals surface area contributed by atoms with Crippen molar-refractivity contribution in [1.82, 2.24) is 39.0 Å². The zero-order valence-electron chi connectivity index (χ0n) is 22.3. The predicted molar refractivity (Wildman–Crippen MR) is 161 cm³/mol. The van der Waals surface area contributed by atoms with Crippen LogP contribution in [0.2, 0.25) is 0 Å². The first kappa shape index (κ1) is 31.3. The van der Waals surface area contributed by atoms with E-state index >= 15 is 8.78 Å². The van der Waals surface area contributed by atoms with E-state index in [1.807, 2.05) is 0 Å². The molecule has 0 saturated carbocycles. The lowest BCUT2D eigenvalue weighted by Crippen LogP contribution is -2.46. The predicted octanol–water partition coefficient (Wildman–Crippen LogP) is 1.17. The fraction of sp³-hybridized carbons (Fsp3) is 0.500. The number of thiol groups is 1. The van der Waals surface area contributed by atoms with Gasteiger partial charge in [-0.1, -0.05) is 12.2 Å². The number of anilines is 2. The number of rotatable bonds is 2. The van der Waals surface area contributed by atoms with Gasteiger partial charge in [0.25, 0.3) is 5.56 Å². The third-order valence-electron chi connectivity index (χ3n) is 7.36. The Morgan fingerprint density at radius 2 is 1.93 bits per heavy atom. The number of H-pyrrole nitrogens is 1. The van der Waals surface area contributed by atoms with Gasteiger partial charge in [-0.05, 0) is 11.8 Å². The SMILES string of the molecule is Nc1nc2c(ncn2[C@@]23CS[C@H](COP(O)(=S)O[C@H]4[C@H](F)[C@H](n5cnc6c(N)ncnc65)O[C@@H]4COP(=O)(S)O2)[C@H]3F)c(=O)[nH]1. The van der Waals surface area contributed by atoms with Gasteiger partial charge in [-0.25, -0.2) is 33.3 Å². The second kappa shape index (κ2) is 11.2. The third-order valence-corrected chi connectivity index (χ3v) is 11.9. The number of fused-ring (bicyclic) bond motifs is 5. The average molecular weight is 727 g/mol. The number of aromatic nitrogens is 8. The van der Waals surface area contributed by atoms with Crippen molar-refractivity contribution in [3.63, 3.8) is 0 Å². The summed E-state index contributed by atoms with van der Waals surface area (Å²) in [6.07, 6.45) is -5.10. The molecule has 0 aromatic carbocycles. The number of nitrogens with zero attached hydrogens (tertiary/aromatic N) is 7. The largest absolute Gasteiger partial charge is 0.388 e. The number of nitrogen functional groups attached to an aromatic ring is 2. The van der Waals surface area contributed by atoms with Crippen LogP contribution in [-0.4, -0.2) is 92.7 Å². The molecule has 2 unspecified atom stereocenters. The molecule has 18 nitrogen and oxygen atoms in total. The molecule has 4 aromatic heterocycles. The van der Waals surface area contributed by atoms with Crippen LogP contribution in [0.4, 0.5) is 20.5 Å². The van der Waals surface area contributed by atoms with Crippen LogP contribution in [0, 0.1) is 0 Å². The molecule has 0 spiro atoms. The molecule has 45 heavy (non-hydrogen) atoms. The number of hydrogen-bond donors (Lipinski definition) is 5. The molecular formula is C20H22F2N10O8P2S3. The molecule has 0 aliphatic carbocycles. The Labute approximate surface area is 264 Å². The van der Waals surface area contributed by atoms with E-state index in [4.69, 9.17) is 46.1 Å². The molecular weight excluding hydrogens is 704 g/mol. The molecule has 7 heterocycles. The molecule has 3 aliphatic rings. The van der Waals surface area contributed by atoms with E-state index in [-0.39, 0.29) is 39.8 Å². The summed E-state index contributed by atoms with van der Waals surface area (Å²) in [7, 11) is 0. The number of alkyl halides is 2. The van der Waals surface area contributed by atoms with Crippen LogP contribution in [-0.2, 0) is 44.9 Å². The van der Waals surface area contributed by atoms with Gasteiger partial charge in [0, 0.05) is 5.75 Å². The third kappa shape index (κ3) is 5.36. The Morgan fingerprint density at radius 3 is 2.73 bits per heavy atom. The van der Waals surface area contributed by atoms with Crippen LogP contribution in [0.25, 0.3) is 22.3 Å². The van der Waals surface area contributed by atoms with Crippen LogP contribution < -0.4 is 17.0 Å². The molecule has 25 heteroatoms. The molecule has 7 rings (SSSR count). The Bertz CT molecular complexity index is 1970. The van der Waals surface area contributed by atoms with Crippen molar-refractivity contribution in [2.24, 2.45) is 0 Å². The number of aromatic amines is 1. The van der Waals surface area contributed by atoms with Gasteiger partial charge in [0.15, 0.2) is 46.9 Å². The first-order valence-electron chi connectivity index (χ1n) is 12.8. The molecule has 3 aliphatic heterocycles. The quantitative estimate of drug-likeness (QED) is 0.144. The van der Waals surface area contributed by atoms with E-state index in [1.54, 1.807) is 0 Å². The summed E-state index contributed by atoms with van der Waals surface area (Å²) in [6, 6.07) is 0. The summed E-state index contributed by atoms with van der Waals surface area (Å²) >= 11 is 10.2. The number of nitrogens with two attached hydrogens (primary N) is 2. The highest BCUT2D eigenvalue weighted by molar-refractivity contribution is 8.44. The van der Waals surface area contributed by atoms with Gasteiger partial charge in [-0.15, -0.1) is 11.8 Å². The zero-order valence-corrected chi connectivity index (χ0v) is 26.6. The van der Waals surface area contributed by atoms with Crippen molar-refractivity contribution in [3.05, 3.63) is 29.3 Å². The highest BCUT2D eigenvalue weighted by Gasteiger charge is 2.58. The summed E-state index contributed by atoms with van der Waals surface area (Å²) in [6.45, 7) is -10.0. The number of halogens is 2. The van der Waals surface area contributed by atoms with Gasteiger partial charge in [-0.2, -0.15) is 4.98 Å². The van der Waals surface area contributed by atoms with E-state index in [0.717, 1.165) is 29.0 Å². The highest BCUT2D eigenvalue weighted by Crippen LogP contribution is 2.62. The Balaban J connectivity index is 1.26. The van der Waals surface area contributed by atoms with Gasteiger partial charge >= 0.3 is 13.5 Å². The topological polar surface area (TPSA) is 243 Å². The summed E-state index contributed by atoms with van der Waals surface area (Å²) in [5, 5.41) is -1.11. The summed E-state index contributed by atoms with van der Waals surface area (Å²) < 4.78 is 76.8. The van der Waals surface area contributed by atoms with Crippen molar-refractivity contribution in [1.29, 1.82) is 0 Å². The van der Waals surface area contributed by atoms with E-state index in [0.29, 0.717) is 0 Å². The number of ether oxygens (including phenoxy) is 1. The minimum atomic E-state index is -4.56. The lowest BCUT2D eigenvalue weighted by Gasteiger charge is -2.34. The van der Waals surface area contributed by atoms with Gasteiger partial charge in [-0.3, -0.25) is 32.5 Å². The van der Waals surface area contributed by atoms with Crippen LogP contribution in [0.1, 0.15) is 6.23 Å². The monoisotopic (exact) mass is 726 g/mol. The molecule has 6 N–H and O–H groups in total. The molecule has 0 amide bonds. The Morgan fingerprint density at radius 1 is 1.16 bits per heavy atom. The maximum atomic E-state index is 16.4. The van der Waals surface area contributed by atoms with Gasteiger partial charge in [0.05, 0.1) is 31.1 Å². The maximum Gasteiger partial charge on any atom is 0.388 e. The number of nitrogens with one attached hydrogen (secondary N) is 1. The first-order valence-corrected chi connectivity index (χ1v) is 19.2. The molecule has 0 radical (unpaired) electrons. The first-order chi connectivity index (χ1) is 21.3. The van der Waals surface area contributed by atoms with Crippen molar-refractivity contribution < 1.29 is 41.1 Å². The smallest absolute Gasteiger partial charge is 0.382 e. The minimum Gasteiger partial charge on any atom is -0.382 e. The minimum absolute atomic E-state index is 0.0440. The van der Waals surface area contributed by atoms with Crippen LogP contribution in [0.15, 0.2) is 23.8 Å². The van der Waals surface area contributed by atoms with Crippen molar-refractivity contribution in [2.75, 3.05) is 30.4 Å². The van der Waals surface area contributed by atoms with Crippen molar-refractivity contribution in [3.8, 4) is 0 Å². The lowest BCUT2D eigenvalue weighted by molar-refractivity contribution is -0.0663. The van der Waals surface area contributed by atoms with E-state index in [9.17, 15) is 14.3 Å². The lowest BCUT2D eigenvalue weighted by atomic mass is 10.1. The Hall–Kier alpha value is -2.30. The Kier molecular flexibility index (Phi) is 7.76. The van der Waals surface area contributed by atoms with Gasteiger partial charge in [0.1, 0.15) is 24.1 Å². The molecule has 242 valence electrons. The second-order valence-electron chi connectivity index (χ2n) is 10.1. The van der Waals surface area contributed by atoms with E-state index in [2.05, 4.69) is 42.2 Å². The van der Waals surface area contributed by atoms with Gasteiger partial charge in [0.2, 0.25) is 5.95 Å². The number of hydrogen-bond acceptors (Lipinski definition) is 16. The normalized spacial score (nSPS) is 37.7. The van der Waals surface area contributed by atoms with Crippen LogP contribution in [0.3, 0.4) is 0 Å². The molecule has 3 fully saturated rings. The average Bonchev–Trinajstić information content (AvgIpc) is 3.73.